The number of ketones is 1. The molecule has 0 aromatic heterocycles. The molecule has 0 fully saturated rings. The summed E-state index contributed by atoms with van der Waals surface area (Å²) in [5.41, 5.74) is 0.765. The Morgan fingerprint density at radius 2 is 1.91 bits per heavy atom. The average molecular weight is 302 g/mol. The Hall–Kier alpha value is -2.10. The molecule has 2 atom stereocenters. The minimum absolute atomic E-state index is 0.0388. The smallest absolute Gasteiger partial charge is 0.345 e. The van der Waals surface area contributed by atoms with E-state index in [1.54, 1.807) is 6.92 Å². The Morgan fingerprint density at radius 1 is 1.23 bits per heavy atom. The van der Waals surface area contributed by atoms with Crippen molar-refractivity contribution in [1.29, 1.82) is 0 Å². The van der Waals surface area contributed by atoms with Crippen LogP contribution in [0.15, 0.2) is 35.9 Å². The molecule has 2 unspecified atom stereocenters. The average Bonchev–Trinajstić information content (AvgIpc) is 2.55. The molecule has 1 aliphatic heterocycles. The molecule has 1 aromatic carbocycles. The van der Waals surface area contributed by atoms with Crippen LogP contribution in [-0.2, 0) is 19.1 Å². The van der Waals surface area contributed by atoms with Crippen molar-refractivity contribution in [2.75, 3.05) is 6.61 Å². The van der Waals surface area contributed by atoms with Gasteiger partial charge >= 0.3 is 5.97 Å². The van der Waals surface area contributed by atoms with Crippen LogP contribution in [0.5, 0.6) is 0 Å². The molecule has 0 spiro atoms. The minimum atomic E-state index is -0.591. The van der Waals surface area contributed by atoms with Crippen molar-refractivity contribution in [1.82, 2.24) is 0 Å². The predicted octanol–water partition coefficient (Wildman–Crippen LogP) is 3.36. The van der Waals surface area contributed by atoms with E-state index in [0.717, 1.165) is 5.56 Å². The van der Waals surface area contributed by atoms with Gasteiger partial charge in [0.25, 0.3) is 0 Å². The molecule has 4 nitrogen and oxygen atoms in total. The zero-order chi connectivity index (χ0) is 16.1. The van der Waals surface area contributed by atoms with Gasteiger partial charge in [-0.1, -0.05) is 51.1 Å². The molecule has 118 valence electrons. The lowest BCUT2D eigenvalue weighted by atomic mass is 9.88. The highest BCUT2D eigenvalue weighted by Crippen LogP contribution is 2.33. The SMILES string of the molecule is CCCOC(=O)C1=C(c2ccccc2)OC(CC)C(C)C1=O. The topological polar surface area (TPSA) is 52.6 Å². The molecular weight excluding hydrogens is 280 g/mol. The van der Waals surface area contributed by atoms with E-state index in [9.17, 15) is 9.59 Å². The van der Waals surface area contributed by atoms with E-state index in [2.05, 4.69) is 0 Å². The van der Waals surface area contributed by atoms with Crippen LogP contribution in [0.3, 0.4) is 0 Å². The molecule has 0 aliphatic carbocycles. The lowest BCUT2D eigenvalue weighted by Gasteiger charge is -2.31. The molecule has 0 N–H and O–H groups in total. The van der Waals surface area contributed by atoms with E-state index in [-0.39, 0.29) is 23.4 Å². The molecule has 2 rings (SSSR count). The van der Waals surface area contributed by atoms with Gasteiger partial charge in [-0.2, -0.15) is 0 Å². The minimum Gasteiger partial charge on any atom is -0.488 e. The summed E-state index contributed by atoms with van der Waals surface area (Å²) in [5, 5.41) is 0. The van der Waals surface area contributed by atoms with Gasteiger partial charge in [0.1, 0.15) is 17.4 Å². The fourth-order valence-corrected chi connectivity index (χ4v) is 2.52. The first-order chi connectivity index (χ1) is 10.6. The number of hydrogen-bond acceptors (Lipinski definition) is 4. The maximum absolute atomic E-state index is 12.6. The summed E-state index contributed by atoms with van der Waals surface area (Å²) in [4.78, 5) is 25.0. The first-order valence-corrected chi connectivity index (χ1v) is 7.77. The Labute approximate surface area is 131 Å². The second-order valence-corrected chi connectivity index (χ2v) is 5.42. The van der Waals surface area contributed by atoms with Crippen molar-refractivity contribution < 1.29 is 19.1 Å². The second kappa shape index (κ2) is 7.25. The normalized spacial score (nSPS) is 21.5. The van der Waals surface area contributed by atoms with Gasteiger partial charge in [0.15, 0.2) is 5.78 Å². The summed E-state index contributed by atoms with van der Waals surface area (Å²) in [7, 11) is 0. The fourth-order valence-electron chi connectivity index (χ4n) is 2.52. The van der Waals surface area contributed by atoms with Crippen molar-refractivity contribution in [3.63, 3.8) is 0 Å². The summed E-state index contributed by atoms with van der Waals surface area (Å²) >= 11 is 0. The van der Waals surface area contributed by atoms with Crippen LogP contribution in [0, 0.1) is 5.92 Å². The third-order valence-corrected chi connectivity index (χ3v) is 3.79. The van der Waals surface area contributed by atoms with Crippen molar-refractivity contribution in [3.05, 3.63) is 41.5 Å². The standard InChI is InChI=1S/C18H22O4/c1-4-11-21-18(20)15-16(19)12(3)14(5-2)22-17(15)13-9-7-6-8-10-13/h6-10,12,14H,4-5,11H2,1-3H3. The Kier molecular flexibility index (Phi) is 5.36. The highest BCUT2D eigenvalue weighted by Gasteiger charge is 2.39. The number of hydrogen-bond donors (Lipinski definition) is 0. The van der Waals surface area contributed by atoms with Crippen LogP contribution in [0.2, 0.25) is 0 Å². The van der Waals surface area contributed by atoms with E-state index in [1.807, 2.05) is 44.2 Å². The summed E-state index contributed by atoms with van der Waals surface area (Å²) in [6.07, 6.45) is 1.20. The van der Waals surface area contributed by atoms with Crippen molar-refractivity contribution in [3.8, 4) is 0 Å². The highest BCUT2D eigenvalue weighted by atomic mass is 16.5. The van der Waals surface area contributed by atoms with Gasteiger partial charge in [-0.05, 0) is 12.8 Å². The van der Waals surface area contributed by atoms with E-state index in [0.29, 0.717) is 25.2 Å². The summed E-state index contributed by atoms with van der Waals surface area (Å²) in [5.74, 6) is -0.788. The Bertz CT molecular complexity index is 574. The van der Waals surface area contributed by atoms with Gasteiger partial charge in [0, 0.05) is 5.56 Å². The van der Waals surface area contributed by atoms with Crippen LogP contribution in [0.1, 0.15) is 39.2 Å². The van der Waals surface area contributed by atoms with Gasteiger partial charge in [-0.15, -0.1) is 0 Å². The van der Waals surface area contributed by atoms with Crippen molar-refractivity contribution in [2.24, 2.45) is 5.92 Å². The first kappa shape index (κ1) is 16.3. The zero-order valence-electron chi connectivity index (χ0n) is 13.3. The number of carbonyl (C=O) groups is 2. The molecule has 1 aromatic rings. The maximum Gasteiger partial charge on any atom is 0.345 e. The molecule has 1 aliphatic rings. The molecule has 0 saturated carbocycles. The van der Waals surface area contributed by atoms with Gasteiger partial charge in [0.2, 0.25) is 0 Å². The lowest BCUT2D eigenvalue weighted by Crippen LogP contribution is -2.37. The lowest BCUT2D eigenvalue weighted by molar-refractivity contribution is -0.142. The number of Topliss-reactive ketones (excluding diaryl/α,β-unsaturated/α-hetero) is 1. The van der Waals surface area contributed by atoms with E-state index < -0.39 is 5.97 Å². The molecular formula is C18H22O4. The number of rotatable bonds is 5. The summed E-state index contributed by atoms with van der Waals surface area (Å²) < 4.78 is 11.1. The van der Waals surface area contributed by atoms with Crippen LogP contribution in [-0.4, -0.2) is 24.5 Å². The molecule has 0 radical (unpaired) electrons. The van der Waals surface area contributed by atoms with Crippen LogP contribution >= 0.6 is 0 Å². The molecule has 0 saturated heterocycles. The van der Waals surface area contributed by atoms with Crippen LogP contribution in [0.4, 0.5) is 0 Å². The third-order valence-electron chi connectivity index (χ3n) is 3.79. The van der Waals surface area contributed by atoms with Crippen molar-refractivity contribution >= 4 is 17.5 Å². The molecule has 4 heteroatoms. The maximum atomic E-state index is 12.6. The van der Waals surface area contributed by atoms with E-state index in [1.165, 1.54) is 0 Å². The number of carbonyl (C=O) groups excluding carboxylic acids is 2. The number of ether oxygens (including phenoxy) is 2. The second-order valence-electron chi connectivity index (χ2n) is 5.42. The Morgan fingerprint density at radius 3 is 2.50 bits per heavy atom. The van der Waals surface area contributed by atoms with Gasteiger partial charge in [-0.25, -0.2) is 4.79 Å². The van der Waals surface area contributed by atoms with Crippen LogP contribution in [0.25, 0.3) is 5.76 Å². The molecule has 0 bridgehead atoms. The molecule has 22 heavy (non-hydrogen) atoms. The van der Waals surface area contributed by atoms with Crippen molar-refractivity contribution in [2.45, 2.75) is 39.7 Å². The monoisotopic (exact) mass is 302 g/mol. The third kappa shape index (κ3) is 3.21. The first-order valence-electron chi connectivity index (χ1n) is 7.77. The molecule has 1 heterocycles. The largest absolute Gasteiger partial charge is 0.488 e. The number of benzene rings is 1. The quantitative estimate of drug-likeness (QED) is 0.618. The van der Waals surface area contributed by atoms with Crippen LogP contribution < -0.4 is 0 Å². The van der Waals surface area contributed by atoms with E-state index >= 15 is 0 Å². The summed E-state index contributed by atoms with van der Waals surface area (Å²) in [6, 6.07) is 9.24. The van der Waals surface area contributed by atoms with Gasteiger partial charge in [-0.3, -0.25) is 4.79 Å². The van der Waals surface area contributed by atoms with Gasteiger partial charge < -0.3 is 9.47 Å². The zero-order valence-corrected chi connectivity index (χ0v) is 13.3. The fraction of sp³-hybridized carbons (Fsp3) is 0.444. The summed E-state index contributed by atoms with van der Waals surface area (Å²) in [6.45, 7) is 5.97. The molecule has 0 amide bonds. The number of esters is 1. The Balaban J connectivity index is 2.48. The predicted molar refractivity (Wildman–Crippen MR) is 83.9 cm³/mol. The van der Waals surface area contributed by atoms with E-state index in [4.69, 9.17) is 9.47 Å². The highest BCUT2D eigenvalue weighted by molar-refractivity contribution is 6.23. The van der Waals surface area contributed by atoms with Gasteiger partial charge in [0.05, 0.1) is 12.5 Å².